The molecular formula is C16H12ClI2N3O3. The van der Waals surface area contributed by atoms with Gasteiger partial charge in [-0.2, -0.15) is 0 Å². The average Bonchev–Trinajstić information content (AvgIpc) is 2.82. The largest absolute Gasteiger partial charge is 0.483 e. The number of hydrogen-bond acceptors (Lipinski definition) is 5. The van der Waals surface area contributed by atoms with Gasteiger partial charge in [0.25, 0.3) is 5.69 Å². The van der Waals surface area contributed by atoms with Crippen LogP contribution in [0.1, 0.15) is 11.1 Å². The summed E-state index contributed by atoms with van der Waals surface area (Å²) in [6, 6.07) is 11.7. The Morgan fingerprint density at radius 3 is 2.56 bits per heavy atom. The van der Waals surface area contributed by atoms with Crippen molar-refractivity contribution in [2.75, 3.05) is 13.7 Å². The van der Waals surface area contributed by atoms with E-state index in [1.165, 1.54) is 19.2 Å². The molecule has 0 fully saturated rings. The molecule has 0 bridgehead atoms. The monoisotopic (exact) mass is 583 g/mol. The Hall–Kier alpha value is -1.27. The average molecular weight is 584 g/mol. The van der Waals surface area contributed by atoms with Gasteiger partial charge in [0.05, 0.1) is 23.4 Å². The van der Waals surface area contributed by atoms with Gasteiger partial charge < -0.3 is 4.74 Å². The third kappa shape index (κ3) is 4.67. The molecule has 0 aliphatic carbocycles. The fourth-order valence-corrected chi connectivity index (χ4v) is 2.55. The zero-order valence-corrected chi connectivity index (χ0v) is 18.0. The molecule has 0 aromatic heterocycles. The van der Waals surface area contributed by atoms with Crippen LogP contribution >= 0.6 is 48.8 Å². The number of rotatable bonds is 2. The standard InChI is InChI=1S/C16H12ClN3O3.I2/c1-23-15-9-18-16(11-4-2-3-5-13(11)17)12-8-10(20(21)22)6-7-14(12)19-15;1-2/h2-8H,9H2,1H3;. The molecule has 2 aromatic rings. The number of methoxy groups -OCH3 is 1. The van der Waals surface area contributed by atoms with E-state index in [-0.39, 0.29) is 12.2 Å². The van der Waals surface area contributed by atoms with Crippen LogP contribution in [-0.4, -0.2) is 30.2 Å². The van der Waals surface area contributed by atoms with E-state index in [0.717, 1.165) is 0 Å². The molecular weight excluding hydrogens is 571 g/mol. The second kappa shape index (κ2) is 9.43. The van der Waals surface area contributed by atoms with Crippen molar-refractivity contribution in [2.24, 2.45) is 9.98 Å². The number of nitro benzene ring substituents is 1. The van der Waals surface area contributed by atoms with Gasteiger partial charge in [0, 0.05) is 65.5 Å². The molecule has 0 N–H and O–H groups in total. The number of halogens is 3. The molecule has 2 aromatic carbocycles. The number of nitrogens with zero attached hydrogens (tertiary/aromatic N) is 3. The van der Waals surface area contributed by atoms with Crippen molar-refractivity contribution in [2.45, 2.75) is 0 Å². The van der Waals surface area contributed by atoms with Crippen molar-refractivity contribution in [3.05, 3.63) is 68.7 Å². The summed E-state index contributed by atoms with van der Waals surface area (Å²) in [5.74, 6) is 0.433. The van der Waals surface area contributed by atoms with Crippen LogP contribution in [0, 0.1) is 10.1 Å². The number of benzene rings is 2. The predicted molar refractivity (Wildman–Crippen MR) is 117 cm³/mol. The zero-order chi connectivity index (χ0) is 18.4. The summed E-state index contributed by atoms with van der Waals surface area (Å²) in [4.78, 5) is 19.5. The highest BCUT2D eigenvalue weighted by atomic mass is 128. The first-order valence-electron chi connectivity index (χ1n) is 6.94. The van der Waals surface area contributed by atoms with Crippen molar-refractivity contribution in [3.8, 4) is 0 Å². The molecule has 0 saturated carbocycles. The van der Waals surface area contributed by atoms with Crippen LogP contribution in [-0.2, 0) is 4.74 Å². The van der Waals surface area contributed by atoms with Crippen LogP contribution in [0.25, 0.3) is 0 Å². The first kappa shape index (κ1) is 20.0. The number of fused-ring (bicyclic) bond motifs is 1. The Morgan fingerprint density at radius 2 is 1.92 bits per heavy atom. The van der Waals surface area contributed by atoms with Gasteiger partial charge in [-0.1, -0.05) is 29.8 Å². The Bertz CT molecular complexity index is 856. The van der Waals surface area contributed by atoms with E-state index in [0.29, 0.717) is 33.4 Å². The van der Waals surface area contributed by atoms with Gasteiger partial charge in [-0.25, -0.2) is 4.99 Å². The van der Waals surface area contributed by atoms with Crippen LogP contribution in [0.15, 0.2) is 52.4 Å². The highest BCUT2D eigenvalue weighted by Gasteiger charge is 2.21. The van der Waals surface area contributed by atoms with E-state index in [2.05, 4.69) is 47.2 Å². The second-order valence-corrected chi connectivity index (χ2v) is 5.22. The maximum atomic E-state index is 11.1. The SMILES string of the molecule is COC1=Nc2ccc([N+](=O)[O-])cc2C(c2ccccc2Cl)=NC1.II. The Morgan fingerprint density at radius 1 is 1.20 bits per heavy atom. The van der Waals surface area contributed by atoms with Crippen molar-refractivity contribution in [3.63, 3.8) is 0 Å². The van der Waals surface area contributed by atoms with E-state index in [1.807, 2.05) is 18.2 Å². The quantitative estimate of drug-likeness (QED) is 0.265. The molecule has 3 rings (SSSR count). The van der Waals surface area contributed by atoms with Crippen molar-refractivity contribution >= 4 is 71.8 Å². The fourth-order valence-electron chi connectivity index (χ4n) is 2.32. The molecule has 1 aliphatic heterocycles. The minimum absolute atomic E-state index is 0.0282. The minimum Gasteiger partial charge on any atom is -0.483 e. The first-order chi connectivity index (χ1) is 12.1. The van der Waals surface area contributed by atoms with E-state index in [1.54, 1.807) is 12.1 Å². The van der Waals surface area contributed by atoms with Gasteiger partial charge in [0.15, 0.2) is 0 Å². The highest BCUT2D eigenvalue weighted by Crippen LogP contribution is 2.31. The molecule has 25 heavy (non-hydrogen) atoms. The molecule has 0 spiro atoms. The van der Waals surface area contributed by atoms with Crippen LogP contribution in [0.3, 0.4) is 0 Å². The Balaban J connectivity index is 0.00000109. The molecule has 0 radical (unpaired) electrons. The highest BCUT2D eigenvalue weighted by molar-refractivity contribution is 15.0. The lowest BCUT2D eigenvalue weighted by atomic mass is 10.00. The van der Waals surface area contributed by atoms with Crippen LogP contribution in [0.2, 0.25) is 5.02 Å². The van der Waals surface area contributed by atoms with E-state index < -0.39 is 4.92 Å². The molecule has 1 aliphatic rings. The maximum absolute atomic E-state index is 11.1. The molecule has 0 amide bonds. The summed E-state index contributed by atoms with van der Waals surface area (Å²) < 4.78 is 5.20. The number of non-ortho nitro benzene ring substituents is 1. The van der Waals surface area contributed by atoms with E-state index in [4.69, 9.17) is 16.3 Å². The van der Waals surface area contributed by atoms with E-state index in [9.17, 15) is 10.1 Å². The summed E-state index contributed by atoms with van der Waals surface area (Å²) in [5, 5.41) is 11.6. The third-order valence-corrected chi connectivity index (χ3v) is 3.76. The zero-order valence-electron chi connectivity index (χ0n) is 12.9. The van der Waals surface area contributed by atoms with Gasteiger partial charge >= 0.3 is 0 Å². The van der Waals surface area contributed by atoms with Crippen LogP contribution in [0.4, 0.5) is 11.4 Å². The summed E-state index contributed by atoms with van der Waals surface area (Å²) in [6.07, 6.45) is 0. The summed E-state index contributed by atoms with van der Waals surface area (Å²) >= 11 is 10.5. The van der Waals surface area contributed by atoms with Crippen LogP contribution in [0.5, 0.6) is 0 Å². The molecule has 6 nitrogen and oxygen atoms in total. The van der Waals surface area contributed by atoms with Gasteiger partial charge in [0.1, 0.15) is 6.54 Å². The maximum Gasteiger partial charge on any atom is 0.270 e. The Labute approximate surface area is 172 Å². The molecule has 9 heteroatoms. The van der Waals surface area contributed by atoms with Gasteiger partial charge in [0.2, 0.25) is 5.90 Å². The van der Waals surface area contributed by atoms with Crippen molar-refractivity contribution in [1.29, 1.82) is 0 Å². The van der Waals surface area contributed by atoms with Crippen molar-refractivity contribution in [1.82, 2.24) is 0 Å². The summed E-state index contributed by atoms with van der Waals surface area (Å²) in [6.45, 7) is 0.236. The lowest BCUT2D eigenvalue weighted by Gasteiger charge is -2.09. The van der Waals surface area contributed by atoms with Gasteiger partial charge in [-0.15, -0.1) is 0 Å². The first-order valence-corrected chi connectivity index (χ1v) is 13.6. The number of hydrogen-bond donors (Lipinski definition) is 0. The topological polar surface area (TPSA) is 77.1 Å². The van der Waals surface area contributed by atoms with Crippen molar-refractivity contribution < 1.29 is 9.66 Å². The lowest BCUT2D eigenvalue weighted by molar-refractivity contribution is -0.384. The number of nitro groups is 1. The normalized spacial score (nSPS) is 12.6. The van der Waals surface area contributed by atoms with Crippen LogP contribution < -0.4 is 0 Å². The predicted octanol–water partition coefficient (Wildman–Crippen LogP) is 5.55. The summed E-state index contributed by atoms with van der Waals surface area (Å²) in [7, 11) is 1.51. The lowest BCUT2D eigenvalue weighted by Crippen LogP contribution is -2.08. The molecule has 0 atom stereocenters. The van der Waals surface area contributed by atoms with E-state index >= 15 is 0 Å². The van der Waals surface area contributed by atoms with Gasteiger partial charge in [-0.3, -0.25) is 15.1 Å². The van der Waals surface area contributed by atoms with Gasteiger partial charge in [-0.05, 0) is 12.1 Å². The number of ether oxygens (including phenoxy) is 1. The third-order valence-electron chi connectivity index (χ3n) is 3.43. The number of aliphatic imine (C=N–C) groups is 2. The molecule has 0 unspecified atom stereocenters. The Kier molecular flexibility index (Phi) is 7.56. The smallest absolute Gasteiger partial charge is 0.270 e. The minimum atomic E-state index is -0.448. The molecule has 1 heterocycles. The summed E-state index contributed by atoms with van der Waals surface area (Å²) in [5.41, 5.74) is 2.34. The second-order valence-electron chi connectivity index (χ2n) is 4.81. The fraction of sp³-hybridized carbons (Fsp3) is 0.125. The molecule has 130 valence electrons. The molecule has 0 saturated heterocycles.